The summed E-state index contributed by atoms with van der Waals surface area (Å²) in [4.78, 5) is 2.81. The monoisotopic (exact) mass is 194 g/mol. The number of halogens is 1. The zero-order valence-electron chi connectivity index (χ0n) is 7.50. The number of hydrogen-bond acceptors (Lipinski definition) is 2. The summed E-state index contributed by atoms with van der Waals surface area (Å²) in [5.41, 5.74) is 6.26. The second-order valence-electron chi connectivity index (χ2n) is 3.18. The highest BCUT2D eigenvalue weighted by Crippen LogP contribution is 2.21. The van der Waals surface area contributed by atoms with Crippen LogP contribution in [0.1, 0.15) is 11.8 Å². The highest BCUT2D eigenvalue weighted by atomic mass is 19.1. The summed E-state index contributed by atoms with van der Waals surface area (Å²) in [6, 6.07) is 6.49. The predicted octanol–water partition coefficient (Wildman–Crippen LogP) is 1.30. The van der Waals surface area contributed by atoms with Crippen molar-refractivity contribution in [3.05, 3.63) is 35.8 Å². The molecule has 0 aliphatic rings. The molecule has 1 unspecified atom stereocenters. The van der Waals surface area contributed by atoms with Crippen LogP contribution in [-0.2, 0) is 0 Å². The van der Waals surface area contributed by atoms with Crippen LogP contribution in [0.25, 0.3) is 10.9 Å². The number of nitrogens with two attached hydrogens (primary N) is 1. The molecule has 1 atom stereocenters. The minimum Gasteiger partial charge on any atom is -0.386 e. The number of nitrogens with one attached hydrogen (secondary N) is 1. The van der Waals surface area contributed by atoms with E-state index < -0.39 is 6.10 Å². The molecule has 3 nitrogen and oxygen atoms in total. The molecule has 0 spiro atoms. The van der Waals surface area contributed by atoms with Crippen molar-refractivity contribution < 1.29 is 9.50 Å². The summed E-state index contributed by atoms with van der Waals surface area (Å²) >= 11 is 0. The Morgan fingerprint density at radius 1 is 1.50 bits per heavy atom. The molecule has 2 aromatic rings. The average molecular weight is 194 g/mol. The van der Waals surface area contributed by atoms with Crippen molar-refractivity contribution in [1.29, 1.82) is 0 Å². The van der Waals surface area contributed by atoms with Gasteiger partial charge in [0, 0.05) is 17.6 Å². The third-order valence-electron chi connectivity index (χ3n) is 2.21. The first-order chi connectivity index (χ1) is 6.72. The van der Waals surface area contributed by atoms with Crippen LogP contribution < -0.4 is 5.73 Å². The van der Waals surface area contributed by atoms with Crippen molar-refractivity contribution >= 4 is 10.9 Å². The minimum atomic E-state index is -0.762. The normalized spacial score (nSPS) is 13.4. The van der Waals surface area contributed by atoms with Gasteiger partial charge < -0.3 is 15.8 Å². The average Bonchev–Trinajstić information content (AvgIpc) is 2.62. The Balaban J connectivity index is 2.56. The molecule has 4 N–H and O–H groups in total. The molecular formula is C10H11FN2O. The van der Waals surface area contributed by atoms with E-state index in [4.69, 9.17) is 5.73 Å². The smallest absolute Gasteiger partial charge is 0.147 e. The summed E-state index contributed by atoms with van der Waals surface area (Å²) < 4.78 is 13.2. The van der Waals surface area contributed by atoms with Gasteiger partial charge in [-0.05, 0) is 12.1 Å². The Hall–Kier alpha value is -1.39. The Kier molecular flexibility index (Phi) is 2.23. The number of aromatic amines is 1. The Bertz CT molecular complexity index is 452. The molecule has 2 rings (SSSR count). The van der Waals surface area contributed by atoms with E-state index in [9.17, 15) is 9.50 Å². The molecular weight excluding hydrogens is 183 g/mol. The van der Waals surface area contributed by atoms with Crippen LogP contribution in [0.2, 0.25) is 0 Å². The van der Waals surface area contributed by atoms with Crippen LogP contribution in [0.5, 0.6) is 0 Å². The van der Waals surface area contributed by atoms with Crippen molar-refractivity contribution in [2.45, 2.75) is 6.10 Å². The van der Waals surface area contributed by atoms with Gasteiger partial charge in [-0.25, -0.2) is 4.39 Å². The molecule has 74 valence electrons. The SMILES string of the molecule is NCC(O)c1cc2cccc(F)c2[nH]1. The number of fused-ring (bicyclic) bond motifs is 1. The number of aliphatic hydroxyl groups excluding tert-OH is 1. The largest absolute Gasteiger partial charge is 0.386 e. The molecule has 14 heavy (non-hydrogen) atoms. The molecule has 0 fully saturated rings. The third-order valence-corrected chi connectivity index (χ3v) is 2.21. The van der Waals surface area contributed by atoms with E-state index in [0.29, 0.717) is 11.2 Å². The number of rotatable bonds is 2. The van der Waals surface area contributed by atoms with Crippen molar-refractivity contribution in [3.8, 4) is 0 Å². The number of benzene rings is 1. The van der Waals surface area contributed by atoms with Crippen molar-refractivity contribution in [2.75, 3.05) is 6.54 Å². The number of H-pyrrole nitrogens is 1. The van der Waals surface area contributed by atoms with Crippen LogP contribution in [0.15, 0.2) is 24.3 Å². The highest BCUT2D eigenvalue weighted by molar-refractivity contribution is 5.80. The molecule has 0 aliphatic heterocycles. The van der Waals surface area contributed by atoms with Gasteiger partial charge in [0.05, 0.1) is 5.52 Å². The van der Waals surface area contributed by atoms with Crippen LogP contribution in [0.4, 0.5) is 4.39 Å². The summed E-state index contributed by atoms with van der Waals surface area (Å²) in [5, 5.41) is 10.2. The highest BCUT2D eigenvalue weighted by Gasteiger charge is 2.10. The van der Waals surface area contributed by atoms with Gasteiger partial charge in [-0.3, -0.25) is 0 Å². The summed E-state index contributed by atoms with van der Waals surface area (Å²) in [7, 11) is 0. The van der Waals surface area contributed by atoms with Crippen molar-refractivity contribution in [1.82, 2.24) is 4.98 Å². The maximum absolute atomic E-state index is 13.2. The lowest BCUT2D eigenvalue weighted by Gasteiger charge is -2.02. The molecule has 0 radical (unpaired) electrons. The third kappa shape index (κ3) is 1.38. The van der Waals surface area contributed by atoms with Gasteiger partial charge in [-0.1, -0.05) is 12.1 Å². The van der Waals surface area contributed by atoms with Gasteiger partial charge in [0.25, 0.3) is 0 Å². The molecule has 0 saturated heterocycles. The molecule has 1 aromatic carbocycles. The molecule has 0 aliphatic carbocycles. The van der Waals surface area contributed by atoms with E-state index in [1.54, 1.807) is 18.2 Å². The van der Waals surface area contributed by atoms with Crippen LogP contribution in [0.3, 0.4) is 0 Å². The second kappa shape index (κ2) is 3.40. The van der Waals surface area contributed by atoms with Gasteiger partial charge in [-0.15, -0.1) is 0 Å². The molecule has 1 heterocycles. The van der Waals surface area contributed by atoms with E-state index in [1.807, 2.05) is 0 Å². The Morgan fingerprint density at radius 2 is 2.29 bits per heavy atom. The first kappa shape index (κ1) is 9.18. The molecule has 0 amide bonds. The summed E-state index contributed by atoms with van der Waals surface area (Å²) in [5.74, 6) is -0.321. The van der Waals surface area contributed by atoms with Gasteiger partial charge in [0.1, 0.15) is 11.9 Å². The van der Waals surface area contributed by atoms with E-state index in [-0.39, 0.29) is 12.4 Å². The Morgan fingerprint density at radius 3 is 2.93 bits per heavy atom. The van der Waals surface area contributed by atoms with Crippen molar-refractivity contribution in [3.63, 3.8) is 0 Å². The molecule has 0 saturated carbocycles. The fraction of sp³-hybridized carbons (Fsp3) is 0.200. The number of hydrogen-bond donors (Lipinski definition) is 3. The zero-order valence-corrected chi connectivity index (χ0v) is 7.50. The van der Waals surface area contributed by atoms with E-state index in [0.717, 1.165) is 5.39 Å². The summed E-state index contributed by atoms with van der Waals surface area (Å²) in [6.07, 6.45) is -0.762. The number of aliphatic hydroxyl groups is 1. The van der Waals surface area contributed by atoms with Gasteiger partial charge in [0.15, 0.2) is 0 Å². The first-order valence-corrected chi connectivity index (χ1v) is 4.37. The van der Waals surface area contributed by atoms with Crippen LogP contribution in [-0.4, -0.2) is 16.6 Å². The molecule has 0 bridgehead atoms. The van der Waals surface area contributed by atoms with Crippen LogP contribution >= 0.6 is 0 Å². The van der Waals surface area contributed by atoms with Gasteiger partial charge in [-0.2, -0.15) is 0 Å². The van der Waals surface area contributed by atoms with Crippen molar-refractivity contribution in [2.24, 2.45) is 5.73 Å². The van der Waals surface area contributed by atoms with Crippen LogP contribution in [0, 0.1) is 5.82 Å². The quantitative estimate of drug-likeness (QED) is 0.674. The lowest BCUT2D eigenvalue weighted by atomic mass is 10.2. The lowest BCUT2D eigenvalue weighted by molar-refractivity contribution is 0.183. The predicted molar refractivity (Wildman–Crippen MR) is 52.3 cm³/mol. The van der Waals surface area contributed by atoms with E-state index >= 15 is 0 Å². The van der Waals surface area contributed by atoms with E-state index in [1.165, 1.54) is 6.07 Å². The number of para-hydroxylation sites is 1. The van der Waals surface area contributed by atoms with E-state index in [2.05, 4.69) is 4.98 Å². The zero-order chi connectivity index (χ0) is 10.1. The first-order valence-electron chi connectivity index (χ1n) is 4.37. The van der Waals surface area contributed by atoms with Gasteiger partial charge in [0.2, 0.25) is 0 Å². The lowest BCUT2D eigenvalue weighted by Crippen LogP contribution is -2.11. The fourth-order valence-corrected chi connectivity index (χ4v) is 1.45. The maximum atomic E-state index is 13.2. The fourth-order valence-electron chi connectivity index (χ4n) is 1.45. The summed E-state index contributed by atoms with van der Waals surface area (Å²) in [6.45, 7) is 0.119. The molecule has 1 aromatic heterocycles. The standard InChI is InChI=1S/C10H11FN2O/c11-7-3-1-2-6-4-8(9(14)5-12)13-10(6)7/h1-4,9,13-14H,5,12H2. The molecule has 4 heteroatoms. The Labute approximate surface area is 80.4 Å². The topological polar surface area (TPSA) is 62.0 Å². The minimum absolute atomic E-state index is 0.119. The number of aromatic nitrogens is 1. The second-order valence-corrected chi connectivity index (χ2v) is 3.18. The maximum Gasteiger partial charge on any atom is 0.147 e. The van der Waals surface area contributed by atoms with Gasteiger partial charge >= 0.3 is 0 Å².